The lowest BCUT2D eigenvalue weighted by molar-refractivity contribution is -0.0140. The average Bonchev–Trinajstić information content (AvgIpc) is 2.47. The number of alkyl halides is 2. The summed E-state index contributed by atoms with van der Waals surface area (Å²) in [7, 11) is 0. The van der Waals surface area contributed by atoms with Crippen molar-refractivity contribution in [1.82, 2.24) is 0 Å². The summed E-state index contributed by atoms with van der Waals surface area (Å²) in [6.45, 7) is 9.61. The van der Waals surface area contributed by atoms with Crippen LogP contribution in [0, 0.1) is 6.92 Å². The van der Waals surface area contributed by atoms with Crippen molar-refractivity contribution in [2.45, 2.75) is 52.5 Å². The van der Waals surface area contributed by atoms with Crippen molar-refractivity contribution < 1.29 is 8.78 Å². The van der Waals surface area contributed by atoms with E-state index >= 15 is 0 Å². The zero-order valence-corrected chi connectivity index (χ0v) is 14.8. The summed E-state index contributed by atoms with van der Waals surface area (Å²) in [5.74, 6) is -2.12. The van der Waals surface area contributed by atoms with E-state index in [0.29, 0.717) is 24.5 Å². The second kappa shape index (κ2) is 8.78. The SMILES string of the molecule is C=C(N)c1cc(C)cc(CN)c1NC(C)=NCCC(F)(F)CCC. The van der Waals surface area contributed by atoms with Gasteiger partial charge in [0.2, 0.25) is 5.92 Å². The maximum absolute atomic E-state index is 13.5. The van der Waals surface area contributed by atoms with Crippen LogP contribution in [0.2, 0.25) is 0 Å². The van der Waals surface area contributed by atoms with Crippen LogP contribution in [0.15, 0.2) is 23.7 Å². The lowest BCUT2D eigenvalue weighted by Gasteiger charge is -2.18. The summed E-state index contributed by atoms with van der Waals surface area (Å²) < 4.78 is 27.0. The summed E-state index contributed by atoms with van der Waals surface area (Å²) in [4.78, 5) is 4.20. The number of aryl methyl sites for hydroxylation is 1. The quantitative estimate of drug-likeness (QED) is 0.494. The first kappa shape index (κ1) is 20.1. The molecule has 0 aliphatic rings. The van der Waals surface area contributed by atoms with Crippen molar-refractivity contribution in [2.75, 3.05) is 11.9 Å². The maximum Gasteiger partial charge on any atom is 0.249 e. The lowest BCUT2D eigenvalue weighted by Crippen LogP contribution is -2.18. The highest BCUT2D eigenvalue weighted by molar-refractivity contribution is 5.97. The zero-order chi connectivity index (χ0) is 18.3. The molecule has 134 valence electrons. The highest BCUT2D eigenvalue weighted by atomic mass is 19.3. The van der Waals surface area contributed by atoms with Gasteiger partial charge in [0.15, 0.2) is 0 Å². The van der Waals surface area contributed by atoms with Gasteiger partial charge in [0.25, 0.3) is 0 Å². The number of benzene rings is 1. The minimum absolute atomic E-state index is 0.0640. The second-order valence-electron chi connectivity index (χ2n) is 6.02. The van der Waals surface area contributed by atoms with Gasteiger partial charge in [-0.1, -0.05) is 26.0 Å². The Morgan fingerprint density at radius 2 is 2.00 bits per heavy atom. The molecule has 1 aromatic carbocycles. The van der Waals surface area contributed by atoms with Crippen molar-refractivity contribution in [3.8, 4) is 0 Å². The third-order valence-electron chi connectivity index (χ3n) is 3.68. The highest BCUT2D eigenvalue weighted by Gasteiger charge is 2.26. The van der Waals surface area contributed by atoms with E-state index in [2.05, 4.69) is 16.9 Å². The second-order valence-corrected chi connectivity index (χ2v) is 6.02. The van der Waals surface area contributed by atoms with E-state index in [1.54, 1.807) is 13.8 Å². The topological polar surface area (TPSA) is 76.4 Å². The van der Waals surface area contributed by atoms with Gasteiger partial charge in [0, 0.05) is 37.2 Å². The number of nitrogens with one attached hydrogen (secondary N) is 1. The first-order valence-electron chi connectivity index (χ1n) is 8.14. The summed E-state index contributed by atoms with van der Waals surface area (Å²) in [6.07, 6.45) is 0.0918. The predicted molar refractivity (Wildman–Crippen MR) is 98.4 cm³/mol. The van der Waals surface area contributed by atoms with Gasteiger partial charge in [-0.05, 0) is 31.0 Å². The smallest absolute Gasteiger partial charge is 0.249 e. The number of nitrogens with zero attached hydrogens (tertiary/aromatic N) is 1. The van der Waals surface area contributed by atoms with Crippen molar-refractivity contribution in [2.24, 2.45) is 16.5 Å². The zero-order valence-electron chi connectivity index (χ0n) is 14.8. The van der Waals surface area contributed by atoms with Crippen LogP contribution in [0.5, 0.6) is 0 Å². The molecule has 0 atom stereocenters. The summed E-state index contributed by atoms with van der Waals surface area (Å²) in [6, 6.07) is 3.87. The van der Waals surface area contributed by atoms with E-state index in [9.17, 15) is 8.78 Å². The van der Waals surface area contributed by atoms with Gasteiger partial charge in [-0.25, -0.2) is 8.78 Å². The van der Waals surface area contributed by atoms with Crippen LogP contribution in [0.25, 0.3) is 5.70 Å². The molecule has 0 aliphatic heterocycles. The molecule has 6 heteroatoms. The predicted octanol–water partition coefficient (Wildman–Crippen LogP) is 4.04. The Hall–Kier alpha value is -1.95. The first-order valence-corrected chi connectivity index (χ1v) is 8.14. The highest BCUT2D eigenvalue weighted by Crippen LogP contribution is 2.27. The molecule has 0 unspecified atom stereocenters. The monoisotopic (exact) mass is 338 g/mol. The molecule has 1 rings (SSSR count). The molecule has 1 aromatic rings. The molecular weight excluding hydrogens is 310 g/mol. The van der Waals surface area contributed by atoms with Gasteiger partial charge in [0.05, 0.1) is 11.5 Å². The normalized spacial score (nSPS) is 12.3. The summed E-state index contributed by atoms with van der Waals surface area (Å²) in [5, 5.41) is 3.14. The third-order valence-corrected chi connectivity index (χ3v) is 3.68. The Morgan fingerprint density at radius 1 is 1.33 bits per heavy atom. The standard InChI is InChI=1S/C18H28F2N4/c1-5-6-18(19,20)7-8-23-14(4)24-17-15(11-21)9-12(2)10-16(17)13(3)22/h9-10H,3,5-8,11,21-22H2,1-2,4H3,(H,23,24). The lowest BCUT2D eigenvalue weighted by atomic mass is 10.0. The maximum atomic E-state index is 13.5. The van der Waals surface area contributed by atoms with Crippen molar-refractivity contribution in [3.63, 3.8) is 0 Å². The van der Waals surface area contributed by atoms with E-state index in [1.165, 1.54) is 0 Å². The van der Waals surface area contributed by atoms with Gasteiger partial charge in [-0.15, -0.1) is 0 Å². The molecule has 0 fully saturated rings. The van der Waals surface area contributed by atoms with E-state index in [-0.39, 0.29) is 19.4 Å². The number of rotatable bonds is 8. The molecule has 4 nitrogen and oxygen atoms in total. The van der Waals surface area contributed by atoms with Gasteiger partial charge in [0.1, 0.15) is 0 Å². The fourth-order valence-electron chi connectivity index (χ4n) is 2.52. The van der Waals surface area contributed by atoms with Gasteiger partial charge in [-0.2, -0.15) is 0 Å². The van der Waals surface area contributed by atoms with Gasteiger partial charge < -0.3 is 16.8 Å². The van der Waals surface area contributed by atoms with E-state index in [4.69, 9.17) is 11.5 Å². The van der Waals surface area contributed by atoms with Crippen molar-refractivity contribution >= 4 is 17.2 Å². The average molecular weight is 338 g/mol. The Labute approximate surface area is 143 Å². The number of amidine groups is 1. The molecule has 0 heterocycles. The van der Waals surface area contributed by atoms with Crippen LogP contribution in [0.3, 0.4) is 0 Å². The Morgan fingerprint density at radius 3 is 2.54 bits per heavy atom. The van der Waals surface area contributed by atoms with E-state index < -0.39 is 5.92 Å². The van der Waals surface area contributed by atoms with Crippen molar-refractivity contribution in [3.05, 3.63) is 35.4 Å². The number of aliphatic imine (C=N–C) groups is 1. The minimum Gasteiger partial charge on any atom is -0.399 e. The fraction of sp³-hybridized carbons (Fsp3) is 0.500. The molecule has 0 saturated carbocycles. The van der Waals surface area contributed by atoms with Crippen LogP contribution in [-0.2, 0) is 6.54 Å². The molecule has 0 bridgehead atoms. The first-order chi connectivity index (χ1) is 11.2. The number of anilines is 1. The van der Waals surface area contributed by atoms with Crippen LogP contribution in [0.1, 0.15) is 49.8 Å². The molecular formula is C18H28F2N4. The fourth-order valence-corrected chi connectivity index (χ4v) is 2.52. The van der Waals surface area contributed by atoms with Crippen LogP contribution >= 0.6 is 0 Å². The van der Waals surface area contributed by atoms with Gasteiger partial charge in [-0.3, -0.25) is 4.99 Å². The van der Waals surface area contributed by atoms with Crippen LogP contribution in [-0.4, -0.2) is 18.3 Å². The van der Waals surface area contributed by atoms with Crippen LogP contribution < -0.4 is 16.8 Å². The molecule has 5 N–H and O–H groups in total. The molecule has 0 spiro atoms. The molecule has 0 radical (unpaired) electrons. The molecule has 0 aromatic heterocycles. The minimum atomic E-state index is -2.67. The summed E-state index contributed by atoms with van der Waals surface area (Å²) >= 11 is 0. The van der Waals surface area contributed by atoms with E-state index in [1.807, 2.05) is 19.1 Å². The Kier molecular flexibility index (Phi) is 7.35. The number of nitrogens with two attached hydrogens (primary N) is 2. The van der Waals surface area contributed by atoms with Crippen LogP contribution in [0.4, 0.5) is 14.5 Å². The number of hydrogen-bond acceptors (Lipinski definition) is 3. The number of hydrogen-bond donors (Lipinski definition) is 3. The Bertz CT molecular complexity index is 609. The molecule has 0 aliphatic carbocycles. The Balaban J connectivity index is 2.91. The van der Waals surface area contributed by atoms with E-state index in [0.717, 1.165) is 22.4 Å². The third kappa shape index (κ3) is 5.92. The summed E-state index contributed by atoms with van der Waals surface area (Å²) in [5.41, 5.74) is 15.5. The molecule has 0 saturated heterocycles. The molecule has 0 amide bonds. The molecule has 24 heavy (non-hydrogen) atoms. The number of halogens is 2. The largest absolute Gasteiger partial charge is 0.399 e. The van der Waals surface area contributed by atoms with Crippen molar-refractivity contribution in [1.29, 1.82) is 0 Å². The van der Waals surface area contributed by atoms with Gasteiger partial charge >= 0.3 is 0 Å².